The van der Waals surface area contributed by atoms with Gasteiger partial charge in [-0.2, -0.15) is 0 Å². The second-order valence-corrected chi connectivity index (χ2v) is 4.10. The third kappa shape index (κ3) is 2.26. The van der Waals surface area contributed by atoms with Gasteiger partial charge in [0.25, 0.3) is 0 Å². The Bertz CT molecular complexity index is 335. The summed E-state index contributed by atoms with van der Waals surface area (Å²) < 4.78 is 11.3. The highest BCUT2D eigenvalue weighted by Gasteiger charge is 2.09. The van der Waals surface area contributed by atoms with Crippen LogP contribution in [0.1, 0.15) is 11.6 Å². The second kappa shape index (κ2) is 4.35. The lowest BCUT2D eigenvalue weighted by atomic mass is 10.1. The van der Waals surface area contributed by atoms with Crippen molar-refractivity contribution in [1.82, 2.24) is 0 Å². The van der Waals surface area contributed by atoms with E-state index in [9.17, 15) is 4.21 Å². The van der Waals surface area contributed by atoms with E-state index in [0.29, 0.717) is 0 Å². The molecule has 2 atom stereocenters. The molecular weight excluding hydrogens is 182 g/mol. The zero-order valence-corrected chi connectivity index (χ0v) is 8.38. The van der Waals surface area contributed by atoms with Crippen molar-refractivity contribution in [2.45, 2.75) is 10.9 Å². The summed E-state index contributed by atoms with van der Waals surface area (Å²) >= 11 is 0. The van der Waals surface area contributed by atoms with Crippen LogP contribution >= 0.6 is 0 Å². The molecule has 1 aromatic carbocycles. The zero-order chi connectivity index (χ0) is 9.84. The van der Waals surface area contributed by atoms with Crippen molar-refractivity contribution in [2.75, 3.05) is 6.26 Å². The largest absolute Gasteiger partial charge is 0.321 e. The zero-order valence-electron chi connectivity index (χ0n) is 7.57. The van der Waals surface area contributed by atoms with E-state index in [1.165, 1.54) is 0 Å². The van der Waals surface area contributed by atoms with Crippen LogP contribution in [0.3, 0.4) is 0 Å². The molecule has 0 aromatic heterocycles. The van der Waals surface area contributed by atoms with E-state index in [0.717, 1.165) is 10.5 Å². The van der Waals surface area contributed by atoms with E-state index in [2.05, 4.69) is 6.58 Å². The van der Waals surface area contributed by atoms with E-state index >= 15 is 0 Å². The summed E-state index contributed by atoms with van der Waals surface area (Å²) in [5.41, 5.74) is 6.67. The van der Waals surface area contributed by atoms with Gasteiger partial charge in [-0.25, -0.2) is 0 Å². The molecule has 0 aliphatic carbocycles. The Morgan fingerprint density at radius 3 is 2.69 bits per heavy atom. The van der Waals surface area contributed by atoms with Gasteiger partial charge in [0.2, 0.25) is 0 Å². The Kier molecular flexibility index (Phi) is 3.39. The van der Waals surface area contributed by atoms with Crippen LogP contribution in [-0.2, 0) is 10.8 Å². The molecule has 0 amide bonds. The smallest absolute Gasteiger partial charge is 0.0501 e. The van der Waals surface area contributed by atoms with Crippen LogP contribution < -0.4 is 5.73 Å². The SMILES string of the molecule is C=C[C@@H](N)c1ccccc1S(C)=O. The summed E-state index contributed by atoms with van der Waals surface area (Å²) in [4.78, 5) is 0.787. The van der Waals surface area contributed by atoms with Gasteiger partial charge in [-0.1, -0.05) is 24.3 Å². The highest BCUT2D eigenvalue weighted by Crippen LogP contribution is 2.19. The summed E-state index contributed by atoms with van der Waals surface area (Å²) in [6.45, 7) is 3.61. The van der Waals surface area contributed by atoms with E-state index in [-0.39, 0.29) is 6.04 Å². The number of nitrogens with two attached hydrogens (primary N) is 1. The molecule has 0 heterocycles. The lowest BCUT2D eigenvalue weighted by Crippen LogP contribution is -2.09. The Morgan fingerprint density at radius 1 is 1.54 bits per heavy atom. The molecule has 1 aromatic rings. The molecule has 1 rings (SSSR count). The molecule has 0 saturated heterocycles. The third-order valence-electron chi connectivity index (χ3n) is 1.84. The monoisotopic (exact) mass is 195 g/mol. The van der Waals surface area contributed by atoms with Crippen LogP contribution in [0.2, 0.25) is 0 Å². The van der Waals surface area contributed by atoms with Crippen LogP contribution in [-0.4, -0.2) is 10.5 Å². The molecule has 1 unspecified atom stereocenters. The first-order valence-electron chi connectivity index (χ1n) is 3.97. The maximum Gasteiger partial charge on any atom is 0.0501 e. The first kappa shape index (κ1) is 10.2. The standard InChI is InChI=1S/C10H13NOS/c1-3-9(11)8-6-4-5-7-10(8)13(2)12/h3-7,9H,1,11H2,2H3/t9-,13?/m1/s1. The van der Waals surface area contributed by atoms with Gasteiger partial charge in [0.15, 0.2) is 0 Å². The van der Waals surface area contributed by atoms with Crippen molar-refractivity contribution >= 4 is 10.8 Å². The third-order valence-corrected chi connectivity index (χ3v) is 2.83. The average molecular weight is 195 g/mol. The molecule has 0 aliphatic heterocycles. The van der Waals surface area contributed by atoms with Crippen LogP contribution in [0.15, 0.2) is 41.8 Å². The molecule has 0 radical (unpaired) electrons. The summed E-state index contributed by atoms with van der Waals surface area (Å²) in [5.74, 6) is 0. The van der Waals surface area contributed by atoms with E-state index in [1.807, 2.05) is 24.3 Å². The quantitative estimate of drug-likeness (QED) is 0.745. The van der Waals surface area contributed by atoms with Gasteiger partial charge in [0.1, 0.15) is 0 Å². The van der Waals surface area contributed by atoms with Crippen molar-refractivity contribution in [1.29, 1.82) is 0 Å². The van der Waals surface area contributed by atoms with Crippen molar-refractivity contribution in [3.8, 4) is 0 Å². The van der Waals surface area contributed by atoms with Crippen LogP contribution in [0, 0.1) is 0 Å². The van der Waals surface area contributed by atoms with Crippen molar-refractivity contribution in [2.24, 2.45) is 5.73 Å². The van der Waals surface area contributed by atoms with Crippen LogP contribution in [0.25, 0.3) is 0 Å². The highest BCUT2D eigenvalue weighted by molar-refractivity contribution is 7.84. The average Bonchev–Trinajstić information content (AvgIpc) is 2.16. The molecule has 70 valence electrons. The van der Waals surface area contributed by atoms with Gasteiger partial charge < -0.3 is 5.73 Å². The van der Waals surface area contributed by atoms with Crippen LogP contribution in [0.5, 0.6) is 0 Å². The van der Waals surface area contributed by atoms with Crippen molar-refractivity contribution in [3.63, 3.8) is 0 Å². The first-order chi connectivity index (χ1) is 6.16. The van der Waals surface area contributed by atoms with Gasteiger partial charge in [-0.3, -0.25) is 4.21 Å². The predicted molar refractivity (Wildman–Crippen MR) is 55.9 cm³/mol. The Hall–Kier alpha value is -0.930. The van der Waals surface area contributed by atoms with Gasteiger partial charge in [0.05, 0.1) is 10.8 Å². The Morgan fingerprint density at radius 2 is 2.15 bits per heavy atom. The maximum atomic E-state index is 11.3. The van der Waals surface area contributed by atoms with Gasteiger partial charge in [-0.15, -0.1) is 6.58 Å². The highest BCUT2D eigenvalue weighted by atomic mass is 32.2. The predicted octanol–water partition coefficient (Wildman–Crippen LogP) is 1.61. The second-order valence-electron chi connectivity index (χ2n) is 2.75. The minimum absolute atomic E-state index is 0.236. The van der Waals surface area contributed by atoms with Gasteiger partial charge in [-0.05, 0) is 11.6 Å². The molecule has 0 bridgehead atoms. The summed E-state index contributed by atoms with van der Waals surface area (Å²) in [6, 6.07) is 7.21. The summed E-state index contributed by atoms with van der Waals surface area (Å²) in [5, 5.41) is 0. The van der Waals surface area contributed by atoms with Crippen molar-refractivity contribution in [3.05, 3.63) is 42.5 Å². The van der Waals surface area contributed by atoms with E-state index in [4.69, 9.17) is 5.73 Å². The van der Waals surface area contributed by atoms with Gasteiger partial charge in [0, 0.05) is 17.2 Å². The minimum atomic E-state index is -0.990. The fraction of sp³-hybridized carbons (Fsp3) is 0.200. The number of hydrogen-bond acceptors (Lipinski definition) is 2. The minimum Gasteiger partial charge on any atom is -0.321 e. The maximum absolute atomic E-state index is 11.3. The first-order valence-corrected chi connectivity index (χ1v) is 5.53. The fourth-order valence-corrected chi connectivity index (χ4v) is 1.95. The number of hydrogen-bond donors (Lipinski definition) is 1. The molecule has 0 saturated carbocycles. The Labute approximate surface area is 80.9 Å². The van der Waals surface area contributed by atoms with E-state index in [1.54, 1.807) is 12.3 Å². The molecular formula is C10H13NOS. The van der Waals surface area contributed by atoms with Gasteiger partial charge >= 0.3 is 0 Å². The number of benzene rings is 1. The topological polar surface area (TPSA) is 43.1 Å². The molecule has 13 heavy (non-hydrogen) atoms. The molecule has 3 heteroatoms. The lowest BCUT2D eigenvalue weighted by Gasteiger charge is -2.10. The Balaban J connectivity index is 3.19. The molecule has 0 aliphatic rings. The summed E-state index contributed by atoms with van der Waals surface area (Å²) in [7, 11) is -0.990. The van der Waals surface area contributed by atoms with Crippen LogP contribution in [0.4, 0.5) is 0 Å². The lowest BCUT2D eigenvalue weighted by molar-refractivity contribution is 0.685. The molecule has 2 nitrogen and oxygen atoms in total. The summed E-state index contributed by atoms with van der Waals surface area (Å²) in [6.07, 6.45) is 3.29. The molecule has 0 fully saturated rings. The van der Waals surface area contributed by atoms with E-state index < -0.39 is 10.8 Å². The normalized spacial score (nSPS) is 14.9. The fourth-order valence-electron chi connectivity index (χ4n) is 1.14. The molecule has 0 spiro atoms. The number of rotatable bonds is 3. The molecule has 2 N–H and O–H groups in total. The van der Waals surface area contributed by atoms with Crippen molar-refractivity contribution < 1.29 is 4.21 Å².